The van der Waals surface area contributed by atoms with Crippen LogP contribution in [0.25, 0.3) is 0 Å². The maximum absolute atomic E-state index is 12.7. The minimum atomic E-state index is -2.07. The van der Waals surface area contributed by atoms with Gasteiger partial charge in [-0.25, -0.2) is 0 Å². The van der Waals surface area contributed by atoms with Crippen LogP contribution in [0.15, 0.2) is 0 Å². The molecule has 5 rings (SSSR count). The summed E-state index contributed by atoms with van der Waals surface area (Å²) in [5.74, 6) is -2.01. The van der Waals surface area contributed by atoms with Gasteiger partial charge in [0.2, 0.25) is 23.6 Å². The number of ether oxygens (including phenoxy) is 10. The van der Waals surface area contributed by atoms with Gasteiger partial charge in [-0.05, 0) is 46.0 Å². The van der Waals surface area contributed by atoms with Crippen molar-refractivity contribution in [2.45, 2.75) is 226 Å². The lowest BCUT2D eigenvalue weighted by atomic mass is 9.95. The second-order valence-corrected chi connectivity index (χ2v) is 19.3. The van der Waals surface area contributed by atoms with Crippen LogP contribution in [0.2, 0.25) is 0 Å². The monoisotopic (exact) mass is 1090 g/mol. The van der Waals surface area contributed by atoms with Crippen LogP contribution in [-0.2, 0) is 66.5 Å². The van der Waals surface area contributed by atoms with Crippen molar-refractivity contribution in [2.24, 2.45) is 5.73 Å². The molecule has 0 radical (unpaired) electrons. The van der Waals surface area contributed by atoms with Gasteiger partial charge in [0.25, 0.3) is 0 Å². The van der Waals surface area contributed by atoms with Gasteiger partial charge in [0.15, 0.2) is 31.5 Å². The lowest BCUT2D eigenvalue weighted by molar-refractivity contribution is -0.405. The van der Waals surface area contributed by atoms with Crippen LogP contribution in [0.5, 0.6) is 0 Å². The van der Waals surface area contributed by atoms with E-state index in [2.05, 4.69) is 16.0 Å². The number of hydrogen-bond acceptors (Lipinski definition) is 26. The van der Waals surface area contributed by atoms with Gasteiger partial charge in [-0.3, -0.25) is 19.2 Å². The van der Waals surface area contributed by atoms with E-state index < -0.39 is 191 Å². The van der Waals surface area contributed by atoms with E-state index in [1.54, 1.807) is 0 Å². The molecule has 0 aromatic rings. The van der Waals surface area contributed by atoms with Crippen molar-refractivity contribution in [3.05, 3.63) is 0 Å². The van der Waals surface area contributed by atoms with E-state index >= 15 is 0 Å². The van der Waals surface area contributed by atoms with Gasteiger partial charge in [-0.15, -0.1) is 0 Å². The molecule has 30 nitrogen and oxygen atoms in total. The van der Waals surface area contributed by atoms with Crippen molar-refractivity contribution in [3.8, 4) is 0 Å². The first-order chi connectivity index (χ1) is 35.5. The summed E-state index contributed by atoms with van der Waals surface area (Å²) in [6.45, 7) is 2.67. The predicted molar refractivity (Wildman–Crippen MR) is 245 cm³/mol. The fourth-order valence-corrected chi connectivity index (χ4v) is 9.29. The number of rotatable bonds is 25. The summed E-state index contributed by atoms with van der Waals surface area (Å²) in [5.41, 5.74) is 5.13. The molecule has 0 aromatic carbocycles. The Morgan fingerprint density at radius 2 is 0.893 bits per heavy atom. The highest BCUT2D eigenvalue weighted by Crippen LogP contribution is 2.37. The molecule has 30 heteroatoms. The van der Waals surface area contributed by atoms with Crippen LogP contribution in [0.3, 0.4) is 0 Å². The number of aliphatic hydroxyl groups is 12. The van der Waals surface area contributed by atoms with Gasteiger partial charge in [0.05, 0.1) is 32.0 Å². The highest BCUT2D eigenvalue weighted by molar-refractivity contribution is 5.76. The molecule has 5 aliphatic rings. The Hall–Kier alpha value is -3.00. The molecular formula is C45H78N4O26. The third-order valence-electron chi connectivity index (χ3n) is 13.5. The van der Waals surface area contributed by atoms with Crippen molar-refractivity contribution in [2.75, 3.05) is 33.0 Å². The number of amides is 4. The first kappa shape index (κ1) is 62.8. The number of carbonyl (C=O) groups is 4. The summed E-state index contributed by atoms with van der Waals surface area (Å²) in [4.78, 5) is 47.9. The van der Waals surface area contributed by atoms with E-state index in [1.807, 2.05) is 0 Å². The normalized spacial score (nSPS) is 42.4. The number of nitrogens with one attached hydrogen (secondary N) is 3. The third kappa shape index (κ3) is 16.3. The zero-order valence-electron chi connectivity index (χ0n) is 42.1. The fourth-order valence-electron chi connectivity index (χ4n) is 9.29. The van der Waals surface area contributed by atoms with Crippen LogP contribution in [-0.4, -0.2) is 271 Å². The fraction of sp³-hybridized carbons (Fsp3) is 0.911. The molecule has 0 aromatic heterocycles. The van der Waals surface area contributed by atoms with Gasteiger partial charge < -0.3 is 130 Å². The number of primary amides is 1. The lowest BCUT2D eigenvalue weighted by Gasteiger charge is -2.50. The van der Waals surface area contributed by atoms with Crippen LogP contribution in [0.1, 0.15) is 72.6 Å². The molecule has 0 bridgehead atoms. The molecule has 4 amide bonds. The highest BCUT2D eigenvalue weighted by atomic mass is 16.8. The van der Waals surface area contributed by atoms with E-state index in [-0.39, 0.29) is 25.4 Å². The van der Waals surface area contributed by atoms with E-state index in [1.165, 1.54) is 13.8 Å². The Balaban J connectivity index is 1.37. The van der Waals surface area contributed by atoms with Crippen LogP contribution in [0.4, 0.5) is 0 Å². The molecule has 0 saturated carbocycles. The Bertz CT molecular complexity index is 1800. The average molecular weight is 1090 g/mol. The Morgan fingerprint density at radius 1 is 0.467 bits per heavy atom. The summed E-state index contributed by atoms with van der Waals surface area (Å²) in [7, 11) is 0. The van der Waals surface area contributed by atoms with Crippen LogP contribution < -0.4 is 21.7 Å². The molecule has 5 heterocycles. The van der Waals surface area contributed by atoms with Crippen molar-refractivity contribution < 1.29 is 128 Å². The number of unbranched alkanes of at least 4 members (excludes halogenated alkanes) is 3. The summed E-state index contributed by atoms with van der Waals surface area (Å²) in [6.07, 6.45) is -37.2. The van der Waals surface area contributed by atoms with Gasteiger partial charge in [0, 0.05) is 39.8 Å². The molecule has 0 aliphatic carbocycles. The van der Waals surface area contributed by atoms with E-state index in [9.17, 15) is 80.5 Å². The first-order valence-electron chi connectivity index (χ1n) is 25.1. The summed E-state index contributed by atoms with van der Waals surface area (Å²) >= 11 is 0. The van der Waals surface area contributed by atoms with Crippen molar-refractivity contribution in [1.29, 1.82) is 0 Å². The summed E-state index contributed by atoms with van der Waals surface area (Å²) in [5, 5.41) is 139. The van der Waals surface area contributed by atoms with Crippen molar-refractivity contribution >= 4 is 23.6 Å². The van der Waals surface area contributed by atoms with E-state index in [0.29, 0.717) is 38.6 Å². The quantitative estimate of drug-likeness (QED) is 0.0378. The Kier molecular flexibility index (Phi) is 24.5. The molecule has 0 spiro atoms. The smallest absolute Gasteiger partial charge is 0.219 e. The molecule has 25 atom stereocenters. The highest BCUT2D eigenvalue weighted by Gasteiger charge is 2.57. The summed E-state index contributed by atoms with van der Waals surface area (Å²) < 4.78 is 59.9. The third-order valence-corrected chi connectivity index (χ3v) is 13.5. The molecule has 5 saturated heterocycles. The molecule has 5 aliphatic heterocycles. The predicted octanol–water partition coefficient (Wildman–Crippen LogP) is -8.23. The van der Waals surface area contributed by atoms with Crippen LogP contribution in [0, 0.1) is 0 Å². The van der Waals surface area contributed by atoms with E-state index in [0.717, 1.165) is 13.8 Å². The van der Waals surface area contributed by atoms with Gasteiger partial charge in [0.1, 0.15) is 110 Å². The topological polar surface area (TPSA) is 465 Å². The second-order valence-electron chi connectivity index (χ2n) is 19.3. The number of aliphatic hydroxyl groups excluding tert-OH is 12. The van der Waals surface area contributed by atoms with Gasteiger partial charge in [-0.2, -0.15) is 0 Å². The number of nitrogens with two attached hydrogens (primary N) is 1. The number of carbonyl (C=O) groups excluding carboxylic acids is 4. The first-order valence-corrected chi connectivity index (χ1v) is 25.1. The zero-order valence-corrected chi connectivity index (χ0v) is 42.1. The maximum atomic E-state index is 12.7. The van der Waals surface area contributed by atoms with Crippen LogP contribution >= 0.6 is 0 Å². The minimum Gasteiger partial charge on any atom is -0.394 e. The summed E-state index contributed by atoms with van der Waals surface area (Å²) in [6, 6.07) is -2.95. The zero-order chi connectivity index (χ0) is 55.4. The molecule has 434 valence electrons. The largest absolute Gasteiger partial charge is 0.394 e. The number of hydrogen-bond donors (Lipinski definition) is 16. The van der Waals surface area contributed by atoms with Gasteiger partial charge >= 0.3 is 0 Å². The minimum absolute atomic E-state index is 0.00189. The molecule has 5 fully saturated rings. The lowest BCUT2D eigenvalue weighted by Crippen LogP contribution is -2.69. The molecular weight excluding hydrogens is 1010 g/mol. The molecule has 17 N–H and O–H groups in total. The van der Waals surface area contributed by atoms with Crippen molar-refractivity contribution in [1.82, 2.24) is 16.0 Å². The Morgan fingerprint density at radius 3 is 1.41 bits per heavy atom. The van der Waals surface area contributed by atoms with E-state index in [4.69, 9.17) is 53.1 Å². The maximum Gasteiger partial charge on any atom is 0.219 e. The second kappa shape index (κ2) is 29.3. The molecule has 0 unspecified atom stereocenters. The molecule has 75 heavy (non-hydrogen) atoms. The SMILES string of the molecule is CC(=O)N[C@@H]1[C@H](O[C@H]2[C@H](O[C@H]3[C@H](O[C@H]4[C@@H](O[C@H]5[C@H](O)[C@@H](CO)O[C@@H](OCCCCCNC(=O)CCCCC(N)=O)[C@@H]5NC(C)=O)O[C@H](CO)[C@H](O)[C@@H]4O)O[C@@H](C)[C@H](O)[C@H]3O)O[C@@H](C)[C@H](O)[C@H]2O)O[C@H](CO)[C@@H](O)[C@@H]1O. The average Bonchev–Trinajstić information content (AvgIpc) is 3.36. The standard InChI is InChI=1S/C45H78N4O26/c1-17-28(57)34(63)38(73-42-26(48-19(3)53)33(62)30(59)21(14-50)70-42)43(67-17)74-39-35(64)29(58)18(2)68-44(39)75-40-36(65)31(60)22(15-51)71-45(40)72-37-27(49-20(4)54)41(69-23(16-52)32(37)61)66-13-9-5-8-12-47-25(56)11-7-6-10-24(46)55/h17-18,21-23,26-45,50-52,57-65H,5-16H2,1-4H3,(H2,46,55)(H,47,56)(H,48,53)(H,49,54)/t17-,18-,21+,22+,23+,26-,27+,28-,29-,30+,31-,32+,33+,34+,35+,36-,37+,38+,39+,40+,41+,42-,43-,44-,45+/m0/s1. The Labute approximate surface area is 431 Å². The van der Waals surface area contributed by atoms with Gasteiger partial charge in [-0.1, -0.05) is 0 Å². The van der Waals surface area contributed by atoms with Crippen molar-refractivity contribution in [3.63, 3.8) is 0 Å².